The number of hydrogen-bond donors (Lipinski definition) is 1. The number of aryl methyl sites for hydroxylation is 2. The first-order valence-electron chi connectivity index (χ1n) is 21.1. The number of para-hydroxylation sites is 1. The summed E-state index contributed by atoms with van der Waals surface area (Å²) in [7, 11) is 0. The van der Waals surface area contributed by atoms with Gasteiger partial charge in [-0.25, -0.2) is 4.98 Å². The molecule has 0 bridgehead atoms. The topological polar surface area (TPSA) is 50.9 Å². The molecule has 1 N–H and O–H groups in total. The summed E-state index contributed by atoms with van der Waals surface area (Å²) in [5, 5.41) is 11.7. The van der Waals surface area contributed by atoms with Crippen molar-refractivity contribution in [2.75, 3.05) is 0 Å². The molecule has 0 saturated heterocycles. The first kappa shape index (κ1) is 36.1. The van der Waals surface area contributed by atoms with Crippen molar-refractivity contribution in [3.8, 4) is 67.5 Å². The van der Waals surface area contributed by atoms with Crippen molar-refractivity contribution in [1.82, 2.24) is 14.5 Å². The van der Waals surface area contributed by atoms with Crippen LogP contribution in [0.2, 0.25) is 0 Å². The lowest BCUT2D eigenvalue weighted by molar-refractivity contribution is 0.472. The van der Waals surface area contributed by atoms with Crippen LogP contribution in [0, 0.1) is 13.8 Å². The predicted molar refractivity (Wildman–Crippen MR) is 244 cm³/mol. The molecule has 8 rings (SSSR count). The second-order valence-corrected chi connectivity index (χ2v) is 17.1. The van der Waals surface area contributed by atoms with E-state index in [4.69, 9.17) is 12.7 Å². The minimum Gasteiger partial charge on any atom is -0.507 e. The molecule has 0 spiro atoms. The molecule has 0 unspecified atom stereocenters. The Hall–Kier alpha value is -6.26. The lowest BCUT2D eigenvalue weighted by atomic mass is 9.83. The lowest BCUT2D eigenvalue weighted by Crippen LogP contribution is -2.11. The second-order valence-electron chi connectivity index (χ2n) is 17.1. The van der Waals surface area contributed by atoms with Gasteiger partial charge in [-0.1, -0.05) is 133 Å². The normalized spacial score (nSPS) is 12.8. The Balaban J connectivity index is 1.37. The zero-order valence-electron chi connectivity index (χ0n) is 37.1. The Morgan fingerprint density at radius 1 is 0.603 bits per heavy atom. The van der Waals surface area contributed by atoms with E-state index >= 15 is 0 Å². The number of hydrogen-bond acceptors (Lipinski definition) is 3. The summed E-state index contributed by atoms with van der Waals surface area (Å²) in [6.07, 6.45) is 1.87. The van der Waals surface area contributed by atoms with Crippen molar-refractivity contribution in [1.29, 1.82) is 0 Å². The SMILES string of the molecule is [2H]C(C)(C)c1ccc(-c2ccnc(-c3cc(-c4cccc5c4nc(-c4cc(C)cc(C)c4O)n5-c4cc(-c5ccccc5)cc(C([2H])(C)C)c4)cc(C(C)(C)C)c3)c2)cc1. The maximum Gasteiger partial charge on any atom is 0.149 e. The van der Waals surface area contributed by atoms with Gasteiger partial charge in [-0.05, 0) is 135 Å². The molecule has 0 radical (unpaired) electrons. The second kappa shape index (κ2) is 15.2. The Bertz CT molecular complexity index is 2890. The maximum absolute atomic E-state index is 11.7. The molecule has 0 aliphatic rings. The van der Waals surface area contributed by atoms with Gasteiger partial charge in [0.05, 0.1) is 22.3 Å². The molecule has 0 aliphatic heterocycles. The van der Waals surface area contributed by atoms with Crippen molar-refractivity contribution in [2.24, 2.45) is 0 Å². The molecule has 4 heteroatoms. The van der Waals surface area contributed by atoms with Crippen LogP contribution in [0.1, 0.15) is 90.8 Å². The van der Waals surface area contributed by atoms with E-state index in [1.54, 1.807) is 0 Å². The molecule has 290 valence electrons. The summed E-state index contributed by atoms with van der Waals surface area (Å²) >= 11 is 0. The van der Waals surface area contributed by atoms with E-state index in [0.29, 0.717) is 11.4 Å². The average molecular weight is 762 g/mol. The molecular weight excluding hydrogens is 707 g/mol. The van der Waals surface area contributed by atoms with E-state index in [-0.39, 0.29) is 11.2 Å². The van der Waals surface area contributed by atoms with Crippen LogP contribution in [-0.4, -0.2) is 19.6 Å². The Morgan fingerprint density at radius 2 is 1.31 bits per heavy atom. The van der Waals surface area contributed by atoms with Crippen LogP contribution in [-0.2, 0) is 5.41 Å². The number of nitrogens with zero attached hydrogens (tertiary/aromatic N) is 3. The third-order valence-corrected chi connectivity index (χ3v) is 11.2. The third-order valence-electron chi connectivity index (χ3n) is 11.2. The number of fused-ring (bicyclic) bond motifs is 1. The lowest BCUT2D eigenvalue weighted by Gasteiger charge is -2.22. The van der Waals surface area contributed by atoms with E-state index < -0.39 is 11.8 Å². The first-order valence-corrected chi connectivity index (χ1v) is 20.1. The first-order chi connectivity index (χ1) is 28.3. The van der Waals surface area contributed by atoms with Crippen LogP contribution < -0.4 is 0 Å². The van der Waals surface area contributed by atoms with Gasteiger partial charge in [-0.2, -0.15) is 0 Å². The number of pyridine rings is 1. The minimum atomic E-state index is -0.874. The van der Waals surface area contributed by atoms with E-state index in [2.05, 4.69) is 110 Å². The molecule has 2 aromatic heterocycles. The van der Waals surface area contributed by atoms with Crippen LogP contribution in [0.15, 0.2) is 140 Å². The summed E-state index contributed by atoms with van der Waals surface area (Å²) in [4.78, 5) is 10.4. The number of aromatic hydroxyl groups is 1. The van der Waals surface area contributed by atoms with Crippen LogP contribution >= 0.6 is 0 Å². The summed E-state index contributed by atoms with van der Waals surface area (Å²) in [5.41, 5.74) is 15.9. The summed E-state index contributed by atoms with van der Waals surface area (Å²) < 4.78 is 19.8. The summed E-state index contributed by atoms with van der Waals surface area (Å²) in [5.74, 6) is -0.721. The molecule has 8 aromatic rings. The monoisotopic (exact) mass is 761 g/mol. The highest BCUT2D eigenvalue weighted by Gasteiger charge is 2.24. The average Bonchev–Trinajstić information content (AvgIpc) is 3.61. The number of benzene rings is 6. The highest BCUT2D eigenvalue weighted by Crippen LogP contribution is 2.42. The van der Waals surface area contributed by atoms with Crippen molar-refractivity contribution in [3.63, 3.8) is 0 Å². The van der Waals surface area contributed by atoms with Crippen LogP contribution in [0.5, 0.6) is 5.75 Å². The van der Waals surface area contributed by atoms with Gasteiger partial charge < -0.3 is 5.11 Å². The van der Waals surface area contributed by atoms with Gasteiger partial charge in [-0.3, -0.25) is 9.55 Å². The van der Waals surface area contributed by atoms with E-state index in [0.717, 1.165) is 83.6 Å². The fourth-order valence-electron chi connectivity index (χ4n) is 7.86. The quantitative estimate of drug-likeness (QED) is 0.168. The van der Waals surface area contributed by atoms with Crippen molar-refractivity contribution < 1.29 is 7.85 Å². The van der Waals surface area contributed by atoms with Gasteiger partial charge in [0.2, 0.25) is 0 Å². The molecule has 2 heterocycles. The predicted octanol–water partition coefficient (Wildman–Crippen LogP) is 14.6. The zero-order chi connectivity index (χ0) is 42.7. The van der Waals surface area contributed by atoms with Gasteiger partial charge in [-0.15, -0.1) is 0 Å². The van der Waals surface area contributed by atoms with Gasteiger partial charge in [0, 0.05) is 25.8 Å². The van der Waals surface area contributed by atoms with Crippen LogP contribution in [0.4, 0.5) is 0 Å². The summed E-state index contributed by atoms with van der Waals surface area (Å²) in [6.45, 7) is 18.3. The van der Waals surface area contributed by atoms with Crippen LogP contribution in [0.25, 0.3) is 72.7 Å². The number of phenols is 1. The third kappa shape index (κ3) is 7.47. The van der Waals surface area contributed by atoms with Crippen molar-refractivity contribution in [2.45, 2.75) is 79.5 Å². The van der Waals surface area contributed by atoms with Gasteiger partial charge >= 0.3 is 0 Å². The molecule has 0 aliphatic carbocycles. The Labute approximate surface area is 346 Å². The number of aromatic nitrogens is 3. The van der Waals surface area contributed by atoms with E-state index in [1.807, 2.05) is 96.3 Å². The highest BCUT2D eigenvalue weighted by atomic mass is 16.3. The highest BCUT2D eigenvalue weighted by molar-refractivity contribution is 5.97. The van der Waals surface area contributed by atoms with E-state index in [1.165, 1.54) is 5.56 Å². The smallest absolute Gasteiger partial charge is 0.149 e. The van der Waals surface area contributed by atoms with Crippen molar-refractivity contribution in [3.05, 3.63) is 167 Å². The maximum atomic E-state index is 11.7. The number of imidazole rings is 1. The molecule has 0 fully saturated rings. The number of rotatable bonds is 8. The fourth-order valence-corrected chi connectivity index (χ4v) is 7.86. The molecule has 0 atom stereocenters. The van der Waals surface area contributed by atoms with Gasteiger partial charge in [0.25, 0.3) is 0 Å². The standard InChI is InChI=1S/C54H53N3O/c1-33(2)37-18-20-39(21-19-37)40-22-23-55-49(32-40)44-27-43(28-45(29-44)54(7,8)9)47-16-13-17-50-51(47)56-53(48-25-35(5)24-36(6)52(48)58)57(50)46-30-41(34(3)4)26-42(31-46)38-14-11-10-12-15-38/h10-34,58H,1-9H3/i33D,34D. The van der Waals surface area contributed by atoms with Crippen molar-refractivity contribution >= 4 is 11.0 Å². The van der Waals surface area contributed by atoms with Crippen LogP contribution in [0.3, 0.4) is 0 Å². The largest absolute Gasteiger partial charge is 0.507 e. The molecule has 58 heavy (non-hydrogen) atoms. The zero-order valence-corrected chi connectivity index (χ0v) is 35.1. The van der Waals surface area contributed by atoms with Gasteiger partial charge in [0.15, 0.2) is 0 Å². The fraction of sp³-hybridized carbons (Fsp3) is 0.222. The Morgan fingerprint density at radius 3 is 2.02 bits per heavy atom. The minimum absolute atomic E-state index is 0.165. The molecule has 0 saturated carbocycles. The summed E-state index contributed by atoms with van der Waals surface area (Å²) in [6, 6.07) is 46.2. The molecule has 4 nitrogen and oxygen atoms in total. The molecule has 6 aromatic carbocycles. The van der Waals surface area contributed by atoms with E-state index in [9.17, 15) is 5.11 Å². The molecular formula is C54H53N3O. The number of phenolic OH excluding ortho intramolecular Hbond substituents is 1. The molecule has 0 amide bonds. The van der Waals surface area contributed by atoms with Gasteiger partial charge in [0.1, 0.15) is 11.6 Å². The Kier molecular flexibility index (Phi) is 9.49.